The largest absolute Gasteiger partial charge is 0.507 e. The van der Waals surface area contributed by atoms with Crippen molar-refractivity contribution in [2.45, 2.75) is 0 Å². The minimum atomic E-state index is -1.68. The predicted octanol–water partition coefficient (Wildman–Crippen LogP) is 3.85. The van der Waals surface area contributed by atoms with Crippen molar-refractivity contribution in [2.24, 2.45) is 0 Å². The van der Waals surface area contributed by atoms with Crippen molar-refractivity contribution in [2.75, 3.05) is 5.32 Å². The van der Waals surface area contributed by atoms with Gasteiger partial charge in [-0.15, -0.1) is 0 Å². The van der Waals surface area contributed by atoms with Crippen LogP contribution in [0.15, 0.2) is 24.3 Å². The Bertz CT molecular complexity index is 713. The second kappa shape index (κ2) is 5.61. The lowest BCUT2D eigenvalue weighted by Gasteiger charge is -2.08. The van der Waals surface area contributed by atoms with Gasteiger partial charge in [-0.05, 0) is 6.07 Å². The first-order chi connectivity index (χ1) is 9.79. The number of phenols is 1. The van der Waals surface area contributed by atoms with Crippen LogP contribution in [0.3, 0.4) is 0 Å². The fourth-order valence-corrected chi connectivity index (χ4v) is 1.71. The summed E-state index contributed by atoms with van der Waals surface area (Å²) in [5.41, 5.74) is -0.789. The Morgan fingerprint density at radius 1 is 1.00 bits per heavy atom. The van der Waals surface area contributed by atoms with Gasteiger partial charge >= 0.3 is 0 Å². The van der Waals surface area contributed by atoms with E-state index in [1.54, 1.807) is 0 Å². The van der Waals surface area contributed by atoms with Crippen molar-refractivity contribution in [3.05, 3.63) is 58.1 Å². The molecule has 8 heteroatoms. The molecule has 21 heavy (non-hydrogen) atoms. The van der Waals surface area contributed by atoms with Gasteiger partial charge in [0.2, 0.25) is 0 Å². The van der Waals surface area contributed by atoms with Gasteiger partial charge in [0.25, 0.3) is 5.91 Å². The molecular formula is C13H6ClF4NO2. The molecule has 0 spiro atoms. The van der Waals surface area contributed by atoms with Crippen molar-refractivity contribution in [3.63, 3.8) is 0 Å². The third-order valence-electron chi connectivity index (χ3n) is 2.52. The van der Waals surface area contributed by atoms with Crippen LogP contribution in [0.4, 0.5) is 23.2 Å². The molecule has 0 saturated carbocycles. The molecule has 2 N–H and O–H groups in total. The highest BCUT2D eigenvalue weighted by Crippen LogP contribution is 2.26. The van der Waals surface area contributed by atoms with Gasteiger partial charge < -0.3 is 10.4 Å². The van der Waals surface area contributed by atoms with Gasteiger partial charge in [-0.2, -0.15) is 0 Å². The van der Waals surface area contributed by atoms with Gasteiger partial charge in [0.1, 0.15) is 11.6 Å². The van der Waals surface area contributed by atoms with Crippen molar-refractivity contribution in [1.29, 1.82) is 0 Å². The van der Waals surface area contributed by atoms with Gasteiger partial charge in [-0.1, -0.05) is 11.6 Å². The zero-order valence-corrected chi connectivity index (χ0v) is 10.8. The van der Waals surface area contributed by atoms with E-state index >= 15 is 0 Å². The Balaban J connectivity index is 2.32. The van der Waals surface area contributed by atoms with Gasteiger partial charge in [0, 0.05) is 23.9 Å². The van der Waals surface area contributed by atoms with E-state index in [9.17, 15) is 27.5 Å². The SMILES string of the molecule is O=C(Nc1cc(F)c(F)c(F)c1)c1cc(Cl)c(F)cc1O. The smallest absolute Gasteiger partial charge is 0.259 e. The van der Waals surface area contributed by atoms with Crippen molar-refractivity contribution in [3.8, 4) is 5.75 Å². The number of rotatable bonds is 2. The van der Waals surface area contributed by atoms with E-state index < -0.39 is 45.5 Å². The Kier molecular flexibility index (Phi) is 4.04. The van der Waals surface area contributed by atoms with Crippen LogP contribution in [0.1, 0.15) is 10.4 Å². The van der Waals surface area contributed by atoms with E-state index in [0.717, 1.165) is 6.07 Å². The molecular weight excluding hydrogens is 314 g/mol. The molecule has 0 aromatic heterocycles. The lowest BCUT2D eigenvalue weighted by Crippen LogP contribution is -2.13. The highest BCUT2D eigenvalue weighted by Gasteiger charge is 2.17. The molecule has 0 saturated heterocycles. The number of benzene rings is 2. The van der Waals surface area contributed by atoms with Crippen LogP contribution in [0.5, 0.6) is 5.75 Å². The van der Waals surface area contributed by atoms with E-state index in [4.69, 9.17) is 11.6 Å². The molecule has 110 valence electrons. The van der Waals surface area contributed by atoms with E-state index in [1.807, 2.05) is 5.32 Å². The van der Waals surface area contributed by atoms with Crippen LogP contribution in [0.2, 0.25) is 5.02 Å². The number of amides is 1. The number of nitrogens with one attached hydrogen (secondary N) is 1. The number of carbonyl (C=O) groups is 1. The van der Waals surface area contributed by atoms with Crippen LogP contribution in [0, 0.1) is 23.3 Å². The monoisotopic (exact) mass is 319 g/mol. The van der Waals surface area contributed by atoms with Crippen LogP contribution >= 0.6 is 11.6 Å². The first-order valence-corrected chi connectivity index (χ1v) is 5.81. The summed E-state index contributed by atoms with van der Waals surface area (Å²) in [6, 6.07) is 2.57. The Morgan fingerprint density at radius 3 is 2.14 bits per heavy atom. The van der Waals surface area contributed by atoms with Crippen molar-refractivity contribution >= 4 is 23.2 Å². The third-order valence-corrected chi connectivity index (χ3v) is 2.81. The molecule has 0 radical (unpaired) electrons. The molecule has 2 aromatic carbocycles. The maximum Gasteiger partial charge on any atom is 0.259 e. The molecule has 0 aliphatic heterocycles. The summed E-state index contributed by atoms with van der Waals surface area (Å²) < 4.78 is 51.8. The lowest BCUT2D eigenvalue weighted by molar-refractivity contribution is 0.102. The zero-order valence-electron chi connectivity index (χ0n) is 10.1. The summed E-state index contributed by atoms with van der Waals surface area (Å²) >= 11 is 5.47. The average molecular weight is 320 g/mol. The van der Waals surface area contributed by atoms with Crippen molar-refractivity contribution in [1.82, 2.24) is 0 Å². The van der Waals surface area contributed by atoms with Gasteiger partial charge in [-0.25, -0.2) is 17.6 Å². The topological polar surface area (TPSA) is 49.3 Å². The number of hydrogen-bond donors (Lipinski definition) is 2. The third kappa shape index (κ3) is 3.08. The number of anilines is 1. The highest BCUT2D eigenvalue weighted by molar-refractivity contribution is 6.31. The van der Waals surface area contributed by atoms with E-state index in [-0.39, 0.29) is 5.69 Å². The summed E-state index contributed by atoms with van der Waals surface area (Å²) in [4.78, 5) is 11.8. The summed E-state index contributed by atoms with van der Waals surface area (Å²) in [6.07, 6.45) is 0. The maximum atomic E-state index is 13.0. The number of phenolic OH excluding ortho intramolecular Hbond substituents is 1. The second-order valence-electron chi connectivity index (χ2n) is 3.99. The molecule has 0 bridgehead atoms. The number of halogens is 5. The number of carbonyl (C=O) groups excluding carboxylic acids is 1. The molecule has 0 fully saturated rings. The molecule has 0 aliphatic rings. The molecule has 1 amide bonds. The second-order valence-corrected chi connectivity index (χ2v) is 4.40. The Labute approximate surface area is 120 Å². The van der Waals surface area contributed by atoms with Crippen LogP contribution in [0.25, 0.3) is 0 Å². The summed E-state index contributed by atoms with van der Waals surface area (Å²) in [7, 11) is 0. The lowest BCUT2D eigenvalue weighted by atomic mass is 10.1. The summed E-state index contributed by atoms with van der Waals surface area (Å²) in [5.74, 6) is -7.32. The minimum Gasteiger partial charge on any atom is -0.507 e. The summed E-state index contributed by atoms with van der Waals surface area (Å²) in [5, 5.41) is 11.1. The Morgan fingerprint density at radius 2 is 1.57 bits per heavy atom. The molecule has 2 aromatic rings. The molecule has 3 nitrogen and oxygen atoms in total. The maximum absolute atomic E-state index is 13.0. The molecule has 0 aliphatic carbocycles. The highest BCUT2D eigenvalue weighted by atomic mass is 35.5. The predicted molar refractivity (Wildman–Crippen MR) is 67.3 cm³/mol. The molecule has 0 heterocycles. The molecule has 2 rings (SSSR count). The normalized spacial score (nSPS) is 10.5. The van der Waals surface area contributed by atoms with Crippen molar-refractivity contribution < 1.29 is 27.5 Å². The first-order valence-electron chi connectivity index (χ1n) is 5.43. The van der Waals surface area contributed by atoms with Gasteiger partial charge in [0.05, 0.1) is 10.6 Å². The quantitative estimate of drug-likeness (QED) is 0.652. The Hall–Kier alpha value is -2.28. The van der Waals surface area contributed by atoms with Crippen LogP contribution in [-0.4, -0.2) is 11.0 Å². The van der Waals surface area contributed by atoms with Gasteiger partial charge in [-0.3, -0.25) is 4.79 Å². The fourth-order valence-electron chi connectivity index (χ4n) is 1.54. The number of aromatic hydroxyl groups is 1. The fraction of sp³-hybridized carbons (Fsp3) is 0. The molecule has 0 unspecified atom stereocenters. The minimum absolute atomic E-state index is 0.378. The standard InChI is InChI=1S/C13H6ClF4NO2/c14-7-3-6(11(20)4-8(7)15)13(21)19-5-1-9(16)12(18)10(17)2-5/h1-4,20H,(H,19,21). The summed E-state index contributed by atoms with van der Waals surface area (Å²) in [6.45, 7) is 0. The van der Waals surface area contributed by atoms with E-state index in [0.29, 0.717) is 18.2 Å². The molecule has 0 atom stereocenters. The van der Waals surface area contributed by atoms with Crippen LogP contribution in [-0.2, 0) is 0 Å². The zero-order chi connectivity index (χ0) is 15.7. The first kappa shape index (κ1) is 15.1. The van der Waals surface area contributed by atoms with Gasteiger partial charge in [0.15, 0.2) is 17.5 Å². The van der Waals surface area contributed by atoms with E-state index in [2.05, 4.69) is 0 Å². The number of hydrogen-bond acceptors (Lipinski definition) is 2. The average Bonchev–Trinajstić information content (AvgIpc) is 2.40. The van der Waals surface area contributed by atoms with Crippen LogP contribution < -0.4 is 5.32 Å². The van der Waals surface area contributed by atoms with E-state index in [1.165, 1.54) is 0 Å².